The van der Waals surface area contributed by atoms with E-state index in [4.69, 9.17) is 17.3 Å². The van der Waals surface area contributed by atoms with Crippen LogP contribution in [-0.2, 0) is 0 Å². The molecular formula is C17H15ClN2O2. The number of halogens is 1. The minimum atomic E-state index is -0.217. The number of ketones is 2. The highest BCUT2D eigenvalue weighted by Crippen LogP contribution is 2.35. The summed E-state index contributed by atoms with van der Waals surface area (Å²) in [7, 11) is 0. The zero-order chi connectivity index (χ0) is 15.7. The lowest BCUT2D eigenvalue weighted by Gasteiger charge is -2.21. The Hall–Kier alpha value is -2.17. The summed E-state index contributed by atoms with van der Waals surface area (Å²) in [6.07, 6.45) is 0.781. The number of hydrogen-bond donors (Lipinski definition) is 2. The number of anilines is 1. The van der Waals surface area contributed by atoms with Crippen LogP contribution in [0.15, 0.2) is 36.4 Å². The Labute approximate surface area is 133 Å². The van der Waals surface area contributed by atoms with E-state index in [0.29, 0.717) is 40.5 Å². The van der Waals surface area contributed by atoms with Gasteiger partial charge in [-0.3, -0.25) is 9.59 Å². The molecule has 112 valence electrons. The molecule has 2 aromatic carbocycles. The average molecular weight is 315 g/mol. The fourth-order valence-corrected chi connectivity index (χ4v) is 2.93. The summed E-state index contributed by atoms with van der Waals surface area (Å²) in [5.41, 5.74) is 7.59. The van der Waals surface area contributed by atoms with E-state index in [0.717, 1.165) is 6.42 Å². The molecule has 0 spiro atoms. The van der Waals surface area contributed by atoms with Crippen molar-refractivity contribution < 1.29 is 9.59 Å². The Kier molecular flexibility index (Phi) is 3.96. The number of nitrogens with one attached hydrogen (secondary N) is 1. The van der Waals surface area contributed by atoms with E-state index in [1.54, 1.807) is 36.4 Å². The first-order valence-electron chi connectivity index (χ1n) is 7.10. The Morgan fingerprint density at radius 1 is 0.955 bits per heavy atom. The fourth-order valence-electron chi connectivity index (χ4n) is 2.67. The van der Waals surface area contributed by atoms with Crippen LogP contribution in [0.2, 0.25) is 5.02 Å². The van der Waals surface area contributed by atoms with E-state index in [1.165, 1.54) is 0 Å². The van der Waals surface area contributed by atoms with Gasteiger partial charge in [0.25, 0.3) is 0 Å². The van der Waals surface area contributed by atoms with E-state index in [1.807, 2.05) is 0 Å². The summed E-state index contributed by atoms with van der Waals surface area (Å²) in [4.78, 5) is 25.5. The lowest BCUT2D eigenvalue weighted by Crippen LogP contribution is -2.23. The largest absolute Gasteiger partial charge is 0.384 e. The van der Waals surface area contributed by atoms with Gasteiger partial charge in [-0.1, -0.05) is 35.9 Å². The van der Waals surface area contributed by atoms with Crippen molar-refractivity contribution in [3.63, 3.8) is 0 Å². The van der Waals surface area contributed by atoms with Gasteiger partial charge < -0.3 is 11.1 Å². The minimum absolute atomic E-state index is 0.172. The van der Waals surface area contributed by atoms with Crippen molar-refractivity contribution in [3.05, 3.63) is 63.7 Å². The van der Waals surface area contributed by atoms with Crippen molar-refractivity contribution >= 4 is 28.9 Å². The van der Waals surface area contributed by atoms with Crippen LogP contribution in [-0.4, -0.2) is 24.7 Å². The second-order valence-electron chi connectivity index (χ2n) is 5.12. The third-order valence-corrected chi connectivity index (χ3v) is 4.03. The van der Waals surface area contributed by atoms with Crippen molar-refractivity contribution in [2.45, 2.75) is 6.42 Å². The molecule has 4 nitrogen and oxygen atoms in total. The van der Waals surface area contributed by atoms with Gasteiger partial charge in [0, 0.05) is 23.4 Å². The summed E-state index contributed by atoms with van der Waals surface area (Å²) < 4.78 is 0. The minimum Gasteiger partial charge on any atom is -0.384 e. The molecule has 0 aliphatic heterocycles. The zero-order valence-corrected chi connectivity index (χ0v) is 12.6. The van der Waals surface area contributed by atoms with E-state index in [2.05, 4.69) is 5.32 Å². The molecule has 0 fully saturated rings. The molecule has 0 unspecified atom stereocenters. The molecule has 0 heterocycles. The molecule has 0 radical (unpaired) electrons. The highest BCUT2D eigenvalue weighted by Gasteiger charge is 2.32. The molecule has 22 heavy (non-hydrogen) atoms. The third kappa shape index (κ3) is 2.30. The van der Waals surface area contributed by atoms with E-state index >= 15 is 0 Å². The van der Waals surface area contributed by atoms with Gasteiger partial charge >= 0.3 is 0 Å². The monoisotopic (exact) mass is 314 g/mol. The van der Waals surface area contributed by atoms with Gasteiger partial charge in [-0.05, 0) is 25.1 Å². The lowest BCUT2D eigenvalue weighted by molar-refractivity contribution is 0.0979. The SMILES string of the molecule is NCCCNc1cccc2c1C(=O)c1c(Cl)cccc1C2=O. The topological polar surface area (TPSA) is 72.2 Å². The van der Waals surface area contributed by atoms with Gasteiger partial charge in [-0.25, -0.2) is 0 Å². The van der Waals surface area contributed by atoms with Crippen LogP contribution in [0.4, 0.5) is 5.69 Å². The number of carbonyl (C=O) groups excluding carboxylic acids is 2. The Morgan fingerprint density at radius 3 is 2.36 bits per heavy atom. The molecule has 2 aromatic rings. The van der Waals surface area contributed by atoms with E-state index < -0.39 is 0 Å². The van der Waals surface area contributed by atoms with Crippen LogP contribution in [0.5, 0.6) is 0 Å². The van der Waals surface area contributed by atoms with Gasteiger partial charge in [0.15, 0.2) is 11.6 Å². The lowest BCUT2D eigenvalue weighted by atomic mass is 9.83. The normalized spacial score (nSPS) is 12.8. The van der Waals surface area contributed by atoms with Crippen molar-refractivity contribution in [2.24, 2.45) is 5.73 Å². The Morgan fingerprint density at radius 2 is 1.64 bits per heavy atom. The third-order valence-electron chi connectivity index (χ3n) is 3.72. The number of rotatable bonds is 4. The van der Waals surface area contributed by atoms with Crippen molar-refractivity contribution in [1.82, 2.24) is 0 Å². The maximum absolute atomic E-state index is 12.8. The summed E-state index contributed by atoms with van der Waals surface area (Å²) in [5, 5.41) is 3.48. The van der Waals surface area contributed by atoms with Gasteiger partial charge in [0.2, 0.25) is 0 Å². The van der Waals surface area contributed by atoms with Crippen LogP contribution in [0, 0.1) is 0 Å². The summed E-state index contributed by atoms with van der Waals surface area (Å²) in [6, 6.07) is 10.2. The number of nitrogens with two attached hydrogens (primary N) is 1. The van der Waals surface area contributed by atoms with Crippen LogP contribution < -0.4 is 11.1 Å². The first-order chi connectivity index (χ1) is 10.6. The average Bonchev–Trinajstić information content (AvgIpc) is 2.52. The first-order valence-corrected chi connectivity index (χ1v) is 7.48. The van der Waals surface area contributed by atoms with Gasteiger partial charge in [-0.2, -0.15) is 0 Å². The van der Waals surface area contributed by atoms with E-state index in [9.17, 15) is 9.59 Å². The maximum Gasteiger partial charge on any atom is 0.198 e. The number of carbonyl (C=O) groups is 2. The molecule has 1 aliphatic rings. The summed E-state index contributed by atoms with van der Waals surface area (Å²) in [6.45, 7) is 1.20. The molecule has 0 amide bonds. The molecule has 5 heteroatoms. The van der Waals surface area contributed by atoms with Crippen molar-refractivity contribution in [2.75, 3.05) is 18.4 Å². The highest BCUT2D eigenvalue weighted by molar-refractivity contribution is 6.39. The molecule has 0 saturated heterocycles. The molecule has 0 atom stereocenters. The molecule has 0 saturated carbocycles. The van der Waals surface area contributed by atoms with Crippen LogP contribution >= 0.6 is 11.6 Å². The van der Waals surface area contributed by atoms with Gasteiger partial charge in [-0.15, -0.1) is 0 Å². The number of fused-ring (bicyclic) bond motifs is 2. The predicted octanol–water partition coefficient (Wildman–Crippen LogP) is 2.88. The van der Waals surface area contributed by atoms with E-state index in [-0.39, 0.29) is 17.1 Å². The highest BCUT2D eigenvalue weighted by atomic mass is 35.5. The second kappa shape index (κ2) is 5.91. The Balaban J connectivity index is 2.12. The molecular weight excluding hydrogens is 300 g/mol. The predicted molar refractivity (Wildman–Crippen MR) is 86.9 cm³/mol. The van der Waals surface area contributed by atoms with Crippen molar-refractivity contribution in [1.29, 1.82) is 0 Å². The number of hydrogen-bond acceptors (Lipinski definition) is 4. The summed E-state index contributed by atoms with van der Waals surface area (Å²) in [5.74, 6) is -0.388. The van der Waals surface area contributed by atoms with Gasteiger partial charge in [0.1, 0.15) is 0 Å². The second-order valence-corrected chi connectivity index (χ2v) is 5.52. The van der Waals surface area contributed by atoms with Crippen LogP contribution in [0.1, 0.15) is 38.3 Å². The van der Waals surface area contributed by atoms with Crippen LogP contribution in [0.3, 0.4) is 0 Å². The molecule has 3 N–H and O–H groups in total. The molecule has 0 aromatic heterocycles. The van der Waals surface area contributed by atoms with Crippen LogP contribution in [0.25, 0.3) is 0 Å². The smallest absolute Gasteiger partial charge is 0.198 e. The van der Waals surface area contributed by atoms with Gasteiger partial charge in [0.05, 0.1) is 16.1 Å². The fraction of sp³-hybridized carbons (Fsp3) is 0.176. The molecule has 1 aliphatic carbocycles. The molecule has 3 rings (SSSR count). The first kappa shape index (κ1) is 14.8. The quantitative estimate of drug-likeness (QED) is 0.726. The standard InChI is InChI=1S/C17H15ClN2O2/c18-12-6-1-4-10-14(12)17(22)15-11(16(10)21)5-2-7-13(15)20-9-3-8-19/h1-2,4-7,20H,3,8-9,19H2. The van der Waals surface area contributed by atoms with Crippen molar-refractivity contribution in [3.8, 4) is 0 Å². The molecule has 0 bridgehead atoms. The maximum atomic E-state index is 12.8. The summed E-state index contributed by atoms with van der Waals surface area (Å²) >= 11 is 6.14. The zero-order valence-electron chi connectivity index (χ0n) is 11.9. The number of benzene rings is 2. The Bertz CT molecular complexity index is 771.